The maximum atomic E-state index is 6.70. The van der Waals surface area contributed by atoms with Gasteiger partial charge < -0.3 is 13.9 Å². The van der Waals surface area contributed by atoms with Crippen molar-refractivity contribution in [1.29, 1.82) is 0 Å². The Morgan fingerprint density at radius 3 is 1.91 bits per heavy atom. The molecule has 0 saturated carbocycles. The van der Waals surface area contributed by atoms with Gasteiger partial charge in [-0.05, 0) is 87.9 Å². The SMILES string of the molecule is c1ccc(-n2c3ccccc3c3ccc(N(c4ccc(-c5cccc6ccccc56)cc4)c4cccc5oc6c7ccccc7ccc6c45)cc32)cc1. The molecule has 0 radical (unpaired) electrons. The Labute approximate surface area is 306 Å². The summed E-state index contributed by atoms with van der Waals surface area (Å²) >= 11 is 0. The van der Waals surface area contributed by atoms with E-state index >= 15 is 0 Å². The standard InChI is InChI=1S/C50H32N2O/c1-2-15-36(16-3-1)52-45-21-9-8-19-42(45)43-31-29-38(32-47(43)52)51(37-27-24-35(25-28-37)40-20-10-14-33-12-4-6-17-39(33)40)46-22-11-23-48-49(46)44-30-26-34-13-5-7-18-41(34)50(44)53-48/h1-32H. The van der Waals surface area contributed by atoms with E-state index in [1.807, 2.05) is 0 Å². The van der Waals surface area contributed by atoms with Gasteiger partial charge in [-0.3, -0.25) is 0 Å². The average molecular weight is 677 g/mol. The highest BCUT2D eigenvalue weighted by atomic mass is 16.3. The van der Waals surface area contributed by atoms with Crippen molar-refractivity contribution in [2.45, 2.75) is 0 Å². The summed E-state index contributed by atoms with van der Waals surface area (Å²) in [7, 11) is 0. The molecule has 248 valence electrons. The Bertz CT molecular complexity index is 3160. The lowest BCUT2D eigenvalue weighted by Crippen LogP contribution is -2.10. The van der Waals surface area contributed by atoms with E-state index in [1.165, 1.54) is 43.6 Å². The highest BCUT2D eigenvalue weighted by Gasteiger charge is 2.22. The molecule has 11 rings (SSSR count). The molecule has 3 nitrogen and oxygen atoms in total. The lowest BCUT2D eigenvalue weighted by Gasteiger charge is -2.27. The predicted molar refractivity (Wildman–Crippen MR) is 223 cm³/mol. The molecule has 0 bridgehead atoms. The molecule has 0 atom stereocenters. The predicted octanol–water partition coefficient (Wildman–Crippen LogP) is 14.1. The first-order valence-electron chi connectivity index (χ1n) is 18.1. The van der Waals surface area contributed by atoms with Gasteiger partial charge in [0, 0.05) is 38.6 Å². The molecular weight excluding hydrogens is 645 g/mol. The highest BCUT2D eigenvalue weighted by Crippen LogP contribution is 2.46. The fraction of sp³-hybridized carbons (Fsp3) is 0. The second-order valence-corrected chi connectivity index (χ2v) is 13.7. The third-order valence-corrected chi connectivity index (χ3v) is 10.8. The maximum absolute atomic E-state index is 6.70. The largest absolute Gasteiger partial charge is 0.455 e. The van der Waals surface area contributed by atoms with E-state index < -0.39 is 0 Å². The van der Waals surface area contributed by atoms with E-state index in [0.29, 0.717) is 0 Å². The van der Waals surface area contributed by atoms with Crippen molar-refractivity contribution >= 4 is 82.4 Å². The first-order chi connectivity index (χ1) is 26.3. The molecule has 0 amide bonds. The van der Waals surface area contributed by atoms with Crippen LogP contribution in [0, 0.1) is 0 Å². The Morgan fingerprint density at radius 2 is 1.06 bits per heavy atom. The number of para-hydroxylation sites is 2. The van der Waals surface area contributed by atoms with Gasteiger partial charge in [-0.25, -0.2) is 0 Å². The van der Waals surface area contributed by atoms with Crippen LogP contribution >= 0.6 is 0 Å². The van der Waals surface area contributed by atoms with Crippen LogP contribution < -0.4 is 4.90 Å². The van der Waals surface area contributed by atoms with E-state index in [1.54, 1.807) is 0 Å². The summed E-state index contributed by atoms with van der Waals surface area (Å²) in [5.41, 5.74) is 10.9. The molecule has 3 heteroatoms. The van der Waals surface area contributed by atoms with Gasteiger partial charge in [-0.2, -0.15) is 0 Å². The summed E-state index contributed by atoms with van der Waals surface area (Å²) in [6.07, 6.45) is 0. The van der Waals surface area contributed by atoms with Crippen molar-refractivity contribution in [2.24, 2.45) is 0 Å². The molecular formula is C50H32N2O. The molecule has 2 aromatic heterocycles. The molecule has 2 heterocycles. The first-order valence-corrected chi connectivity index (χ1v) is 18.1. The normalized spacial score (nSPS) is 11.8. The summed E-state index contributed by atoms with van der Waals surface area (Å²) in [6, 6.07) is 69.7. The zero-order chi connectivity index (χ0) is 34.9. The van der Waals surface area contributed by atoms with Gasteiger partial charge in [0.1, 0.15) is 11.2 Å². The number of benzene rings is 9. The molecule has 0 fully saturated rings. The highest BCUT2D eigenvalue weighted by molar-refractivity contribution is 6.20. The lowest BCUT2D eigenvalue weighted by molar-refractivity contribution is 0.672. The summed E-state index contributed by atoms with van der Waals surface area (Å²) in [6.45, 7) is 0. The Morgan fingerprint density at radius 1 is 0.415 bits per heavy atom. The number of aromatic nitrogens is 1. The van der Waals surface area contributed by atoms with Gasteiger partial charge in [0.15, 0.2) is 0 Å². The molecule has 0 N–H and O–H groups in total. The van der Waals surface area contributed by atoms with Crippen LogP contribution in [0.15, 0.2) is 199 Å². The smallest absolute Gasteiger partial charge is 0.143 e. The van der Waals surface area contributed by atoms with Crippen LogP contribution in [0.5, 0.6) is 0 Å². The van der Waals surface area contributed by atoms with Gasteiger partial charge >= 0.3 is 0 Å². The molecule has 0 unspecified atom stereocenters. The van der Waals surface area contributed by atoms with Crippen molar-refractivity contribution in [3.05, 3.63) is 194 Å². The van der Waals surface area contributed by atoms with Crippen LogP contribution in [0.2, 0.25) is 0 Å². The first kappa shape index (κ1) is 29.6. The van der Waals surface area contributed by atoms with Crippen LogP contribution in [-0.4, -0.2) is 4.57 Å². The van der Waals surface area contributed by atoms with E-state index in [0.717, 1.165) is 55.6 Å². The van der Waals surface area contributed by atoms with E-state index in [-0.39, 0.29) is 0 Å². The van der Waals surface area contributed by atoms with Crippen LogP contribution in [-0.2, 0) is 0 Å². The van der Waals surface area contributed by atoms with Gasteiger partial charge in [0.05, 0.1) is 22.1 Å². The minimum Gasteiger partial charge on any atom is -0.455 e. The van der Waals surface area contributed by atoms with Crippen molar-refractivity contribution in [2.75, 3.05) is 4.90 Å². The summed E-state index contributed by atoms with van der Waals surface area (Å²) in [4.78, 5) is 2.39. The van der Waals surface area contributed by atoms with Crippen LogP contribution in [0.25, 0.3) is 82.1 Å². The number of anilines is 3. The monoisotopic (exact) mass is 676 g/mol. The molecule has 0 aliphatic heterocycles. The summed E-state index contributed by atoms with van der Waals surface area (Å²) in [5, 5.41) is 9.43. The average Bonchev–Trinajstić information content (AvgIpc) is 3.78. The minimum absolute atomic E-state index is 0.866. The van der Waals surface area contributed by atoms with Crippen LogP contribution in [0.4, 0.5) is 17.1 Å². The number of nitrogens with zero attached hydrogens (tertiary/aromatic N) is 2. The zero-order valence-corrected chi connectivity index (χ0v) is 28.8. The van der Waals surface area contributed by atoms with Crippen molar-refractivity contribution < 1.29 is 4.42 Å². The van der Waals surface area contributed by atoms with Gasteiger partial charge in [0.25, 0.3) is 0 Å². The van der Waals surface area contributed by atoms with Crippen molar-refractivity contribution in [3.8, 4) is 16.8 Å². The molecule has 0 aliphatic carbocycles. The minimum atomic E-state index is 0.866. The number of furan rings is 1. The van der Waals surface area contributed by atoms with Gasteiger partial charge in [0.2, 0.25) is 0 Å². The molecule has 11 aromatic rings. The molecule has 0 saturated heterocycles. The maximum Gasteiger partial charge on any atom is 0.143 e. The molecule has 9 aromatic carbocycles. The molecule has 0 aliphatic rings. The molecule has 0 spiro atoms. The summed E-state index contributed by atoms with van der Waals surface area (Å²) < 4.78 is 9.09. The topological polar surface area (TPSA) is 21.3 Å². The van der Waals surface area contributed by atoms with Crippen LogP contribution in [0.1, 0.15) is 0 Å². The second kappa shape index (κ2) is 11.7. The number of fused-ring (bicyclic) bond motifs is 9. The van der Waals surface area contributed by atoms with Gasteiger partial charge in [-0.15, -0.1) is 0 Å². The Balaban J connectivity index is 1.17. The fourth-order valence-corrected chi connectivity index (χ4v) is 8.37. The number of hydrogen-bond acceptors (Lipinski definition) is 2. The lowest BCUT2D eigenvalue weighted by atomic mass is 9.98. The number of hydrogen-bond donors (Lipinski definition) is 0. The van der Waals surface area contributed by atoms with E-state index in [4.69, 9.17) is 4.42 Å². The Kier molecular flexibility index (Phi) is 6.55. The van der Waals surface area contributed by atoms with E-state index in [9.17, 15) is 0 Å². The van der Waals surface area contributed by atoms with Crippen LogP contribution in [0.3, 0.4) is 0 Å². The third-order valence-electron chi connectivity index (χ3n) is 10.8. The third kappa shape index (κ3) is 4.61. The summed E-state index contributed by atoms with van der Waals surface area (Å²) in [5.74, 6) is 0. The molecule has 53 heavy (non-hydrogen) atoms. The van der Waals surface area contributed by atoms with Crippen molar-refractivity contribution in [1.82, 2.24) is 4.57 Å². The number of rotatable bonds is 5. The van der Waals surface area contributed by atoms with Gasteiger partial charge in [-0.1, -0.05) is 133 Å². The quantitative estimate of drug-likeness (QED) is 0.181. The van der Waals surface area contributed by atoms with Crippen molar-refractivity contribution in [3.63, 3.8) is 0 Å². The second-order valence-electron chi connectivity index (χ2n) is 13.7. The zero-order valence-electron chi connectivity index (χ0n) is 28.8. The Hall–Kier alpha value is -7.10. The van der Waals surface area contributed by atoms with E-state index in [2.05, 4.69) is 204 Å². The fourth-order valence-electron chi connectivity index (χ4n) is 8.37.